The van der Waals surface area contributed by atoms with E-state index in [4.69, 9.17) is 0 Å². The average Bonchev–Trinajstić information content (AvgIpc) is 2.64. The van der Waals surface area contributed by atoms with Gasteiger partial charge in [0.2, 0.25) is 5.91 Å². The molecule has 0 radical (unpaired) electrons. The number of amides is 1. The molecule has 1 amide bonds. The maximum absolute atomic E-state index is 13.0. The van der Waals surface area contributed by atoms with Gasteiger partial charge in [-0.3, -0.25) is 9.69 Å². The molecule has 0 aliphatic carbocycles. The van der Waals surface area contributed by atoms with Crippen molar-refractivity contribution in [2.24, 2.45) is 5.92 Å². The number of nitrogens with zero attached hydrogens (tertiary/aromatic N) is 2. The van der Waals surface area contributed by atoms with Gasteiger partial charge in [-0.2, -0.15) is 0 Å². The van der Waals surface area contributed by atoms with Crippen LogP contribution in [0.25, 0.3) is 0 Å². The molecule has 1 aliphatic heterocycles. The fraction of sp³-hybridized carbons (Fsp3) is 0.381. The number of benzene rings is 2. The van der Waals surface area contributed by atoms with E-state index in [1.165, 1.54) is 17.7 Å². The predicted molar refractivity (Wildman–Crippen MR) is 97.6 cm³/mol. The molecular formula is C21H25FN2O. The number of halogens is 1. The topological polar surface area (TPSA) is 23.6 Å². The molecule has 1 unspecified atom stereocenters. The van der Waals surface area contributed by atoms with Crippen LogP contribution in [0.15, 0.2) is 54.6 Å². The summed E-state index contributed by atoms with van der Waals surface area (Å²) in [6, 6.07) is 16.9. The van der Waals surface area contributed by atoms with Crippen molar-refractivity contribution in [2.75, 3.05) is 26.2 Å². The summed E-state index contributed by atoms with van der Waals surface area (Å²) >= 11 is 0. The highest BCUT2D eigenvalue weighted by molar-refractivity contribution is 5.79. The van der Waals surface area contributed by atoms with E-state index in [1.54, 1.807) is 12.1 Å². The van der Waals surface area contributed by atoms with Crippen molar-refractivity contribution in [3.8, 4) is 0 Å². The van der Waals surface area contributed by atoms with Gasteiger partial charge in [0.25, 0.3) is 0 Å². The summed E-state index contributed by atoms with van der Waals surface area (Å²) in [6.07, 6.45) is 0.656. The molecule has 0 bridgehead atoms. The number of carbonyl (C=O) groups is 1. The molecule has 4 heteroatoms. The Labute approximate surface area is 149 Å². The predicted octanol–water partition coefficient (Wildman–Crippen LogP) is 3.35. The molecule has 2 aromatic rings. The van der Waals surface area contributed by atoms with Crippen molar-refractivity contribution in [1.82, 2.24) is 9.80 Å². The van der Waals surface area contributed by atoms with E-state index in [0.717, 1.165) is 38.3 Å². The van der Waals surface area contributed by atoms with Gasteiger partial charge in [0, 0.05) is 38.6 Å². The van der Waals surface area contributed by atoms with Crippen LogP contribution in [-0.2, 0) is 17.8 Å². The van der Waals surface area contributed by atoms with Crippen LogP contribution >= 0.6 is 0 Å². The largest absolute Gasteiger partial charge is 0.340 e. The minimum absolute atomic E-state index is 0.0777. The molecule has 3 rings (SSSR count). The van der Waals surface area contributed by atoms with Crippen LogP contribution in [-0.4, -0.2) is 41.9 Å². The number of piperazine rings is 1. The summed E-state index contributed by atoms with van der Waals surface area (Å²) < 4.78 is 13.0. The fourth-order valence-electron chi connectivity index (χ4n) is 3.34. The van der Waals surface area contributed by atoms with Gasteiger partial charge in [-0.25, -0.2) is 4.39 Å². The number of rotatable bonds is 5. The summed E-state index contributed by atoms with van der Waals surface area (Å²) in [4.78, 5) is 17.0. The third-order valence-electron chi connectivity index (χ3n) is 4.81. The zero-order chi connectivity index (χ0) is 17.6. The molecule has 2 aromatic carbocycles. The highest BCUT2D eigenvalue weighted by Gasteiger charge is 2.25. The van der Waals surface area contributed by atoms with Crippen LogP contribution in [0.2, 0.25) is 0 Å². The summed E-state index contributed by atoms with van der Waals surface area (Å²) in [5.41, 5.74) is 2.32. The lowest BCUT2D eigenvalue weighted by molar-refractivity contribution is -0.136. The van der Waals surface area contributed by atoms with Crippen molar-refractivity contribution in [3.05, 3.63) is 71.5 Å². The van der Waals surface area contributed by atoms with Crippen LogP contribution in [0, 0.1) is 11.7 Å². The average molecular weight is 340 g/mol. The molecule has 0 spiro atoms. The molecule has 0 saturated carbocycles. The number of hydrogen-bond donors (Lipinski definition) is 0. The lowest BCUT2D eigenvalue weighted by Gasteiger charge is -2.36. The Balaban J connectivity index is 1.48. The number of carbonyl (C=O) groups excluding carboxylic acids is 1. The Morgan fingerprint density at radius 1 is 0.960 bits per heavy atom. The second-order valence-corrected chi connectivity index (χ2v) is 6.82. The third kappa shape index (κ3) is 4.89. The highest BCUT2D eigenvalue weighted by Crippen LogP contribution is 2.15. The van der Waals surface area contributed by atoms with Gasteiger partial charge in [0.05, 0.1) is 0 Å². The Bertz CT molecular complexity index is 679. The zero-order valence-corrected chi connectivity index (χ0v) is 14.7. The maximum Gasteiger partial charge on any atom is 0.225 e. The second kappa shape index (κ2) is 8.26. The van der Waals surface area contributed by atoms with Gasteiger partial charge in [0.15, 0.2) is 0 Å². The highest BCUT2D eigenvalue weighted by atomic mass is 19.1. The van der Waals surface area contributed by atoms with Crippen LogP contribution in [0.4, 0.5) is 4.39 Å². The third-order valence-corrected chi connectivity index (χ3v) is 4.81. The van der Waals surface area contributed by atoms with E-state index >= 15 is 0 Å². The molecule has 1 saturated heterocycles. The first-order valence-corrected chi connectivity index (χ1v) is 8.91. The van der Waals surface area contributed by atoms with Crippen molar-refractivity contribution < 1.29 is 9.18 Å². The van der Waals surface area contributed by atoms with Crippen molar-refractivity contribution in [2.45, 2.75) is 19.9 Å². The lowest BCUT2D eigenvalue weighted by atomic mass is 9.99. The molecule has 1 aliphatic rings. The summed E-state index contributed by atoms with van der Waals surface area (Å²) in [5.74, 6) is -0.118. The molecule has 1 atom stereocenters. The van der Waals surface area contributed by atoms with E-state index in [1.807, 2.05) is 17.9 Å². The molecule has 0 aromatic heterocycles. The van der Waals surface area contributed by atoms with Crippen LogP contribution < -0.4 is 0 Å². The minimum Gasteiger partial charge on any atom is -0.340 e. The van der Waals surface area contributed by atoms with Gasteiger partial charge < -0.3 is 4.90 Å². The Kier molecular flexibility index (Phi) is 5.82. The van der Waals surface area contributed by atoms with Crippen molar-refractivity contribution in [1.29, 1.82) is 0 Å². The Morgan fingerprint density at radius 2 is 1.60 bits per heavy atom. The van der Waals surface area contributed by atoms with Crippen molar-refractivity contribution in [3.63, 3.8) is 0 Å². The molecule has 1 heterocycles. The quantitative estimate of drug-likeness (QED) is 0.833. The molecule has 3 nitrogen and oxygen atoms in total. The number of hydrogen-bond acceptors (Lipinski definition) is 2. The molecular weight excluding hydrogens is 315 g/mol. The van der Waals surface area contributed by atoms with E-state index in [0.29, 0.717) is 6.42 Å². The normalized spacial score (nSPS) is 16.6. The first-order valence-electron chi connectivity index (χ1n) is 8.91. The zero-order valence-electron chi connectivity index (χ0n) is 14.7. The molecule has 0 N–H and O–H groups in total. The first-order chi connectivity index (χ1) is 12.1. The van der Waals surface area contributed by atoms with Gasteiger partial charge in [-0.15, -0.1) is 0 Å². The Hall–Kier alpha value is -2.20. The molecule has 25 heavy (non-hydrogen) atoms. The van der Waals surface area contributed by atoms with Crippen LogP contribution in [0.5, 0.6) is 0 Å². The van der Waals surface area contributed by atoms with E-state index in [-0.39, 0.29) is 17.6 Å². The second-order valence-electron chi connectivity index (χ2n) is 6.82. The smallest absolute Gasteiger partial charge is 0.225 e. The van der Waals surface area contributed by atoms with E-state index < -0.39 is 0 Å². The molecule has 132 valence electrons. The van der Waals surface area contributed by atoms with Gasteiger partial charge in [-0.05, 0) is 29.7 Å². The van der Waals surface area contributed by atoms with Gasteiger partial charge in [0.1, 0.15) is 5.82 Å². The molecule has 1 fully saturated rings. The van der Waals surface area contributed by atoms with Crippen LogP contribution in [0.3, 0.4) is 0 Å². The monoisotopic (exact) mass is 340 g/mol. The minimum atomic E-state index is -0.239. The summed E-state index contributed by atoms with van der Waals surface area (Å²) in [5, 5.41) is 0. The SMILES string of the molecule is CC(Cc1ccc(F)cc1)C(=O)N1CCN(Cc2ccccc2)CC1. The van der Waals surface area contributed by atoms with Gasteiger partial charge in [-0.1, -0.05) is 49.4 Å². The summed E-state index contributed by atoms with van der Waals surface area (Å²) in [6.45, 7) is 6.27. The fourth-order valence-corrected chi connectivity index (χ4v) is 3.34. The first kappa shape index (κ1) is 17.6. The van der Waals surface area contributed by atoms with E-state index in [2.05, 4.69) is 29.2 Å². The Morgan fingerprint density at radius 3 is 2.24 bits per heavy atom. The lowest BCUT2D eigenvalue weighted by Crippen LogP contribution is -2.49. The maximum atomic E-state index is 13.0. The van der Waals surface area contributed by atoms with Crippen LogP contribution in [0.1, 0.15) is 18.1 Å². The standard InChI is InChI=1S/C21H25FN2O/c1-17(15-18-7-9-20(22)10-8-18)21(25)24-13-11-23(12-14-24)16-19-5-3-2-4-6-19/h2-10,17H,11-16H2,1H3. The van der Waals surface area contributed by atoms with Gasteiger partial charge >= 0.3 is 0 Å². The summed E-state index contributed by atoms with van der Waals surface area (Å²) in [7, 11) is 0. The van der Waals surface area contributed by atoms with E-state index in [9.17, 15) is 9.18 Å². The van der Waals surface area contributed by atoms with Crippen molar-refractivity contribution >= 4 is 5.91 Å².